The first-order valence-electron chi connectivity index (χ1n) is 9.92. The lowest BCUT2D eigenvalue weighted by Gasteiger charge is -2.28. The van der Waals surface area contributed by atoms with Crippen LogP contribution in [0.4, 0.5) is 0 Å². The van der Waals surface area contributed by atoms with Crippen molar-refractivity contribution in [3.8, 4) is 5.75 Å². The number of benzene rings is 1. The molecule has 0 spiro atoms. The van der Waals surface area contributed by atoms with Crippen LogP contribution in [0.15, 0.2) is 24.3 Å². The maximum atomic E-state index is 10.1. The highest BCUT2D eigenvalue weighted by Crippen LogP contribution is 2.39. The second-order valence-corrected chi connectivity index (χ2v) is 8.27. The third kappa shape index (κ3) is 5.23. The number of aliphatic hydroxyl groups excluding tert-OH is 2. The molecule has 0 amide bonds. The van der Waals surface area contributed by atoms with Crippen molar-refractivity contribution in [3.63, 3.8) is 0 Å². The summed E-state index contributed by atoms with van der Waals surface area (Å²) >= 11 is 0. The summed E-state index contributed by atoms with van der Waals surface area (Å²) in [5.74, 6) is 0.664. The number of aliphatic hydroxyl groups is 2. The van der Waals surface area contributed by atoms with Crippen molar-refractivity contribution < 1.29 is 33.9 Å². The van der Waals surface area contributed by atoms with E-state index in [2.05, 4.69) is 13.8 Å². The fourth-order valence-electron chi connectivity index (χ4n) is 3.39. The Morgan fingerprint density at radius 2 is 1.86 bits per heavy atom. The lowest BCUT2D eigenvalue weighted by molar-refractivity contribution is -0.232. The van der Waals surface area contributed by atoms with Crippen LogP contribution in [0.25, 0.3) is 0 Å². The van der Waals surface area contributed by atoms with Gasteiger partial charge in [0.15, 0.2) is 12.1 Å². The molecule has 0 aliphatic carbocycles. The van der Waals surface area contributed by atoms with Crippen LogP contribution >= 0.6 is 0 Å². The zero-order valence-corrected chi connectivity index (χ0v) is 17.0. The van der Waals surface area contributed by atoms with Crippen LogP contribution in [0.3, 0.4) is 0 Å². The van der Waals surface area contributed by atoms with Crippen molar-refractivity contribution in [2.75, 3.05) is 13.2 Å². The van der Waals surface area contributed by atoms with Gasteiger partial charge in [0.25, 0.3) is 0 Å². The fourth-order valence-corrected chi connectivity index (χ4v) is 3.39. The molecule has 1 unspecified atom stereocenters. The van der Waals surface area contributed by atoms with Crippen LogP contribution in [-0.4, -0.2) is 59.9 Å². The summed E-state index contributed by atoms with van der Waals surface area (Å²) < 4.78 is 29.1. The number of rotatable bonds is 9. The Morgan fingerprint density at radius 1 is 1.14 bits per heavy atom. The van der Waals surface area contributed by atoms with Gasteiger partial charge in [0.1, 0.15) is 30.2 Å². The van der Waals surface area contributed by atoms with Crippen LogP contribution < -0.4 is 4.74 Å². The van der Waals surface area contributed by atoms with Crippen LogP contribution in [0.5, 0.6) is 5.75 Å². The summed E-state index contributed by atoms with van der Waals surface area (Å²) in [6.07, 6.45) is -2.39. The number of hydrogen-bond donors (Lipinski definition) is 2. The van der Waals surface area contributed by atoms with Gasteiger partial charge in [-0.1, -0.05) is 26.0 Å². The minimum atomic E-state index is -1.07. The molecule has 7 heteroatoms. The zero-order chi connectivity index (χ0) is 20.3. The lowest BCUT2D eigenvalue weighted by atomic mass is 10.1. The van der Waals surface area contributed by atoms with Gasteiger partial charge in [-0.15, -0.1) is 0 Å². The van der Waals surface area contributed by atoms with E-state index in [9.17, 15) is 10.2 Å². The van der Waals surface area contributed by atoms with Gasteiger partial charge in [-0.3, -0.25) is 0 Å². The van der Waals surface area contributed by atoms with Crippen molar-refractivity contribution in [1.82, 2.24) is 0 Å². The Kier molecular flexibility index (Phi) is 6.96. The average molecular weight is 396 g/mol. The predicted octanol–water partition coefficient (Wildman–Crippen LogP) is 2.23. The summed E-state index contributed by atoms with van der Waals surface area (Å²) in [5.41, 5.74) is 0.968. The Hall–Kier alpha value is -1.22. The predicted molar refractivity (Wildman–Crippen MR) is 102 cm³/mol. The summed E-state index contributed by atoms with van der Waals surface area (Å²) in [6.45, 7) is 8.55. The molecule has 0 bridgehead atoms. The molecule has 0 radical (unpaired) electrons. The van der Waals surface area contributed by atoms with Gasteiger partial charge < -0.3 is 33.9 Å². The second kappa shape index (κ2) is 9.07. The first kappa shape index (κ1) is 21.5. The molecule has 2 heterocycles. The first-order valence-corrected chi connectivity index (χ1v) is 9.92. The first-order chi connectivity index (χ1) is 13.3. The van der Waals surface area contributed by atoms with Crippen LogP contribution in [0.1, 0.15) is 39.7 Å². The van der Waals surface area contributed by atoms with Crippen molar-refractivity contribution in [2.45, 2.75) is 77.2 Å². The average Bonchev–Trinajstić information content (AvgIpc) is 3.12. The molecule has 0 saturated carbocycles. The SMILES string of the molecule is CC(C)CCOc1ccc(CO[C@@H]2[C@H]3OC(C)(C)O[C@H]3O[C@@H]2C(O)CO)cc1. The third-order valence-electron chi connectivity index (χ3n) is 4.92. The van der Waals surface area contributed by atoms with E-state index in [0.717, 1.165) is 17.7 Å². The standard InChI is InChI=1S/C21H32O7/c1-13(2)9-10-24-15-7-5-14(6-8-15)12-25-18-17(16(23)11-22)26-20-19(18)27-21(3,4)28-20/h5-8,13,16-20,22-23H,9-12H2,1-4H3/t16?,17-,18+,19-,20-/m1/s1. The molecule has 2 fully saturated rings. The molecule has 2 N–H and O–H groups in total. The van der Waals surface area contributed by atoms with Crippen LogP contribution in [0.2, 0.25) is 0 Å². The summed E-state index contributed by atoms with van der Waals surface area (Å²) in [7, 11) is 0. The van der Waals surface area contributed by atoms with E-state index in [1.807, 2.05) is 24.3 Å². The molecule has 3 rings (SSSR count). The molecule has 2 saturated heterocycles. The van der Waals surface area contributed by atoms with Gasteiger partial charge >= 0.3 is 0 Å². The third-order valence-corrected chi connectivity index (χ3v) is 4.92. The number of hydrogen-bond acceptors (Lipinski definition) is 7. The van der Waals surface area contributed by atoms with Gasteiger partial charge in [0.2, 0.25) is 0 Å². The lowest BCUT2D eigenvalue weighted by Crippen LogP contribution is -2.44. The highest BCUT2D eigenvalue weighted by atomic mass is 16.8. The second-order valence-electron chi connectivity index (χ2n) is 8.27. The van der Waals surface area contributed by atoms with E-state index in [4.69, 9.17) is 23.7 Å². The molecule has 0 aromatic heterocycles. The van der Waals surface area contributed by atoms with E-state index in [-0.39, 0.29) is 0 Å². The molecular weight excluding hydrogens is 364 g/mol. The maximum Gasteiger partial charge on any atom is 0.190 e. The largest absolute Gasteiger partial charge is 0.494 e. The topological polar surface area (TPSA) is 86.6 Å². The summed E-state index contributed by atoms with van der Waals surface area (Å²) in [5, 5.41) is 19.4. The monoisotopic (exact) mass is 396 g/mol. The Bertz CT molecular complexity index is 616. The van der Waals surface area contributed by atoms with Gasteiger partial charge in [0.05, 0.1) is 19.8 Å². The van der Waals surface area contributed by atoms with E-state index in [0.29, 0.717) is 19.1 Å². The van der Waals surface area contributed by atoms with Crippen molar-refractivity contribution in [1.29, 1.82) is 0 Å². The van der Waals surface area contributed by atoms with Crippen LogP contribution in [-0.2, 0) is 25.6 Å². The highest BCUT2D eigenvalue weighted by molar-refractivity contribution is 5.26. The minimum absolute atomic E-state index is 0.321. The number of ether oxygens (including phenoxy) is 5. The summed E-state index contributed by atoms with van der Waals surface area (Å²) in [6, 6.07) is 7.74. The maximum absolute atomic E-state index is 10.1. The van der Waals surface area contributed by atoms with Gasteiger partial charge in [-0.25, -0.2) is 0 Å². The van der Waals surface area contributed by atoms with Gasteiger partial charge in [-0.05, 0) is 43.9 Å². The number of fused-ring (bicyclic) bond motifs is 1. The molecule has 7 nitrogen and oxygen atoms in total. The molecule has 158 valence electrons. The minimum Gasteiger partial charge on any atom is -0.494 e. The molecule has 28 heavy (non-hydrogen) atoms. The molecule has 2 aliphatic heterocycles. The molecule has 2 aliphatic rings. The Labute approximate surface area is 166 Å². The molecule has 1 aromatic rings. The molecule has 5 atom stereocenters. The van der Waals surface area contributed by atoms with Gasteiger partial charge in [-0.2, -0.15) is 0 Å². The summed E-state index contributed by atoms with van der Waals surface area (Å²) in [4.78, 5) is 0. The van der Waals surface area contributed by atoms with E-state index in [1.54, 1.807) is 13.8 Å². The van der Waals surface area contributed by atoms with Gasteiger partial charge in [0, 0.05) is 0 Å². The van der Waals surface area contributed by atoms with E-state index in [1.165, 1.54) is 0 Å². The zero-order valence-electron chi connectivity index (χ0n) is 17.0. The molecule has 1 aromatic carbocycles. The van der Waals surface area contributed by atoms with E-state index < -0.39 is 43.1 Å². The van der Waals surface area contributed by atoms with Crippen molar-refractivity contribution >= 4 is 0 Å². The Balaban J connectivity index is 1.58. The smallest absolute Gasteiger partial charge is 0.190 e. The quantitative estimate of drug-likeness (QED) is 0.662. The van der Waals surface area contributed by atoms with Crippen molar-refractivity contribution in [2.24, 2.45) is 5.92 Å². The highest BCUT2D eigenvalue weighted by Gasteiger charge is 2.56. The Morgan fingerprint density at radius 3 is 2.50 bits per heavy atom. The fraction of sp³-hybridized carbons (Fsp3) is 0.714. The van der Waals surface area contributed by atoms with E-state index >= 15 is 0 Å². The molecular formula is C21H32O7. The normalized spacial score (nSPS) is 29.8. The van der Waals surface area contributed by atoms with Crippen molar-refractivity contribution in [3.05, 3.63) is 29.8 Å². The van der Waals surface area contributed by atoms with Crippen LogP contribution in [0, 0.1) is 5.92 Å².